The average molecular weight is 315 g/mol. The summed E-state index contributed by atoms with van der Waals surface area (Å²) in [6.45, 7) is 1.10. The second kappa shape index (κ2) is 7.56. The second-order valence-electron chi connectivity index (χ2n) is 5.76. The largest absolute Gasteiger partial charge is 0.387 e. The van der Waals surface area contributed by atoms with Crippen LogP contribution in [0.4, 0.5) is 8.78 Å². The fraction of sp³-hybridized carbons (Fsp3) is 0.625. The lowest BCUT2D eigenvalue weighted by atomic mass is 9.88. The summed E-state index contributed by atoms with van der Waals surface area (Å²) >= 11 is 1.88. The van der Waals surface area contributed by atoms with E-state index in [1.807, 2.05) is 11.8 Å². The van der Waals surface area contributed by atoms with Crippen molar-refractivity contribution in [3.05, 3.63) is 35.4 Å². The van der Waals surface area contributed by atoms with E-state index in [9.17, 15) is 13.9 Å². The van der Waals surface area contributed by atoms with Crippen LogP contribution in [0, 0.1) is 11.6 Å². The lowest BCUT2D eigenvalue weighted by Crippen LogP contribution is -2.40. The third-order valence-corrected chi connectivity index (χ3v) is 5.72. The van der Waals surface area contributed by atoms with Gasteiger partial charge in [0, 0.05) is 29.5 Å². The average Bonchev–Trinajstić information content (AvgIpc) is 2.48. The quantitative estimate of drug-likeness (QED) is 0.840. The van der Waals surface area contributed by atoms with Crippen molar-refractivity contribution in [2.24, 2.45) is 0 Å². The molecule has 1 atom stereocenters. The van der Waals surface area contributed by atoms with Gasteiger partial charge in [-0.15, -0.1) is 0 Å². The molecule has 0 heterocycles. The molecular weight excluding hydrogens is 292 g/mol. The first kappa shape index (κ1) is 16.7. The van der Waals surface area contributed by atoms with Crippen LogP contribution in [0.15, 0.2) is 18.2 Å². The third kappa shape index (κ3) is 4.41. The van der Waals surface area contributed by atoms with Crippen LogP contribution in [-0.2, 0) is 0 Å². The molecule has 0 aliphatic heterocycles. The van der Waals surface area contributed by atoms with Crippen LogP contribution in [0.1, 0.15) is 43.8 Å². The number of halogens is 2. The van der Waals surface area contributed by atoms with Gasteiger partial charge in [0.1, 0.15) is 11.6 Å². The van der Waals surface area contributed by atoms with Crippen LogP contribution in [0.2, 0.25) is 0 Å². The Morgan fingerprint density at radius 1 is 1.29 bits per heavy atom. The van der Waals surface area contributed by atoms with Gasteiger partial charge in [-0.2, -0.15) is 11.8 Å². The fourth-order valence-electron chi connectivity index (χ4n) is 2.97. The van der Waals surface area contributed by atoms with Gasteiger partial charge >= 0.3 is 0 Å². The Balaban J connectivity index is 1.87. The predicted molar refractivity (Wildman–Crippen MR) is 83.5 cm³/mol. The summed E-state index contributed by atoms with van der Waals surface area (Å²) in [5.74, 6) is -1.32. The highest BCUT2D eigenvalue weighted by Crippen LogP contribution is 2.38. The molecule has 1 saturated carbocycles. The molecule has 2 nitrogen and oxygen atoms in total. The Bertz CT molecular complexity index is 464. The Hall–Kier alpha value is -0.650. The van der Waals surface area contributed by atoms with Crippen LogP contribution in [0.3, 0.4) is 0 Å². The summed E-state index contributed by atoms with van der Waals surface area (Å²) in [6.07, 6.45) is 7.34. The van der Waals surface area contributed by atoms with E-state index in [1.165, 1.54) is 44.2 Å². The third-order valence-electron chi connectivity index (χ3n) is 4.30. The molecule has 0 spiro atoms. The molecule has 1 aromatic rings. The van der Waals surface area contributed by atoms with E-state index in [0.717, 1.165) is 12.6 Å². The molecule has 21 heavy (non-hydrogen) atoms. The minimum atomic E-state index is -0.951. The van der Waals surface area contributed by atoms with Crippen molar-refractivity contribution in [1.29, 1.82) is 0 Å². The maximum atomic E-state index is 13.6. The zero-order chi connectivity index (χ0) is 15.3. The van der Waals surface area contributed by atoms with E-state index in [4.69, 9.17) is 0 Å². The number of rotatable bonds is 6. The number of hydrogen-bond donors (Lipinski definition) is 2. The molecule has 0 amide bonds. The summed E-state index contributed by atoms with van der Waals surface area (Å²) in [7, 11) is 0. The summed E-state index contributed by atoms with van der Waals surface area (Å²) in [6, 6.07) is 3.29. The summed E-state index contributed by atoms with van der Waals surface area (Å²) in [4.78, 5) is 0. The SMILES string of the molecule is CSC1(CNCC(O)c2ccc(F)cc2F)CCCCC1. The zero-order valence-corrected chi connectivity index (χ0v) is 13.2. The standard InChI is InChI=1S/C16H23F2NOS/c1-21-16(7-3-2-4-8-16)11-19-10-15(20)13-6-5-12(17)9-14(13)18/h5-6,9,15,19-20H,2-4,7-8,10-11H2,1H3. The van der Waals surface area contributed by atoms with Gasteiger partial charge in [-0.25, -0.2) is 8.78 Å². The number of aliphatic hydroxyl groups is 1. The van der Waals surface area contributed by atoms with Crippen LogP contribution in [0.5, 0.6) is 0 Å². The van der Waals surface area contributed by atoms with Crippen molar-refractivity contribution in [3.63, 3.8) is 0 Å². The molecule has 0 radical (unpaired) electrons. The van der Waals surface area contributed by atoms with Crippen LogP contribution in [0.25, 0.3) is 0 Å². The molecule has 1 fully saturated rings. The lowest BCUT2D eigenvalue weighted by Gasteiger charge is -2.36. The molecule has 0 saturated heterocycles. The summed E-state index contributed by atoms with van der Waals surface area (Å²) in [5.41, 5.74) is 0.144. The van der Waals surface area contributed by atoms with Gasteiger partial charge in [0.2, 0.25) is 0 Å². The minimum absolute atomic E-state index is 0.144. The van der Waals surface area contributed by atoms with Crippen molar-refractivity contribution >= 4 is 11.8 Å². The Morgan fingerprint density at radius 3 is 2.62 bits per heavy atom. The molecule has 118 valence electrons. The van der Waals surface area contributed by atoms with Gasteiger partial charge < -0.3 is 10.4 Å². The maximum absolute atomic E-state index is 13.6. The highest BCUT2D eigenvalue weighted by molar-refractivity contribution is 8.00. The first-order valence-electron chi connectivity index (χ1n) is 7.45. The van der Waals surface area contributed by atoms with Crippen molar-refractivity contribution < 1.29 is 13.9 Å². The molecular formula is C16H23F2NOS. The molecule has 2 N–H and O–H groups in total. The minimum Gasteiger partial charge on any atom is -0.387 e. The van der Waals surface area contributed by atoms with Crippen LogP contribution < -0.4 is 5.32 Å². The van der Waals surface area contributed by atoms with E-state index < -0.39 is 17.7 Å². The predicted octanol–water partition coefficient (Wildman–Crippen LogP) is 3.65. The zero-order valence-electron chi connectivity index (χ0n) is 12.4. The number of hydrogen-bond acceptors (Lipinski definition) is 3. The van der Waals surface area contributed by atoms with E-state index in [0.29, 0.717) is 0 Å². The molecule has 1 aliphatic rings. The Kier molecular flexibility index (Phi) is 6.02. The summed E-state index contributed by atoms with van der Waals surface area (Å²) in [5, 5.41) is 13.3. The fourth-order valence-corrected chi connectivity index (χ4v) is 3.91. The van der Waals surface area contributed by atoms with Gasteiger partial charge in [-0.3, -0.25) is 0 Å². The molecule has 1 aliphatic carbocycles. The number of benzene rings is 1. The normalized spacial score (nSPS) is 19.4. The Morgan fingerprint density at radius 2 is 2.00 bits per heavy atom. The Labute approximate surface area is 129 Å². The number of aliphatic hydroxyl groups excluding tert-OH is 1. The smallest absolute Gasteiger partial charge is 0.131 e. The lowest BCUT2D eigenvalue weighted by molar-refractivity contribution is 0.167. The molecule has 0 aromatic heterocycles. The molecule has 1 unspecified atom stereocenters. The molecule has 0 bridgehead atoms. The van der Waals surface area contributed by atoms with Gasteiger partial charge in [-0.1, -0.05) is 25.3 Å². The second-order valence-corrected chi connectivity index (χ2v) is 7.03. The first-order chi connectivity index (χ1) is 10.1. The summed E-state index contributed by atoms with van der Waals surface area (Å²) < 4.78 is 26.7. The van der Waals surface area contributed by atoms with Crippen LogP contribution in [-0.4, -0.2) is 29.2 Å². The van der Waals surface area contributed by atoms with E-state index in [1.54, 1.807) is 0 Å². The monoisotopic (exact) mass is 315 g/mol. The van der Waals surface area contributed by atoms with Crippen molar-refractivity contribution in [1.82, 2.24) is 5.32 Å². The molecule has 2 rings (SSSR count). The molecule has 1 aromatic carbocycles. The highest BCUT2D eigenvalue weighted by atomic mass is 32.2. The van der Waals surface area contributed by atoms with Gasteiger partial charge in [-0.05, 0) is 25.2 Å². The van der Waals surface area contributed by atoms with Crippen molar-refractivity contribution in [3.8, 4) is 0 Å². The topological polar surface area (TPSA) is 32.3 Å². The number of thioether (sulfide) groups is 1. The van der Waals surface area contributed by atoms with Gasteiger partial charge in [0.15, 0.2) is 0 Å². The van der Waals surface area contributed by atoms with Crippen molar-refractivity contribution in [2.75, 3.05) is 19.3 Å². The molecule has 5 heteroatoms. The number of nitrogens with one attached hydrogen (secondary N) is 1. The van der Waals surface area contributed by atoms with Gasteiger partial charge in [0.05, 0.1) is 6.10 Å². The van der Waals surface area contributed by atoms with Crippen LogP contribution >= 0.6 is 11.8 Å². The van der Waals surface area contributed by atoms with Gasteiger partial charge in [0.25, 0.3) is 0 Å². The van der Waals surface area contributed by atoms with E-state index >= 15 is 0 Å². The highest BCUT2D eigenvalue weighted by Gasteiger charge is 2.30. The van der Waals surface area contributed by atoms with E-state index in [-0.39, 0.29) is 16.9 Å². The van der Waals surface area contributed by atoms with E-state index in [2.05, 4.69) is 11.6 Å². The van der Waals surface area contributed by atoms with Crippen molar-refractivity contribution in [2.45, 2.75) is 43.0 Å². The maximum Gasteiger partial charge on any atom is 0.131 e. The first-order valence-corrected chi connectivity index (χ1v) is 8.68.